The number of hydrogen-bond donors (Lipinski definition) is 1. The van der Waals surface area contributed by atoms with Crippen LogP contribution >= 0.6 is 11.3 Å². The van der Waals surface area contributed by atoms with E-state index in [2.05, 4.69) is 0 Å². The zero-order chi connectivity index (χ0) is 11.5. The number of aromatic nitrogens is 1. The fourth-order valence-electron chi connectivity index (χ4n) is 1.39. The van der Waals surface area contributed by atoms with Gasteiger partial charge in [-0.05, 0) is 36.6 Å². The normalized spacial score (nSPS) is 11.7. The lowest BCUT2D eigenvalue weighted by Crippen LogP contribution is -1.96. The molecule has 0 aliphatic heterocycles. The first-order valence-electron chi connectivity index (χ1n) is 4.81. The van der Waals surface area contributed by atoms with Gasteiger partial charge < -0.3 is 9.67 Å². The second-order valence-corrected chi connectivity index (χ2v) is 4.34. The molecule has 1 N–H and O–H groups in total. The minimum atomic E-state index is -0.883. The molecule has 2 heterocycles. The van der Waals surface area contributed by atoms with E-state index < -0.39 is 5.97 Å². The number of carboxylic acids is 1. The molecule has 82 valence electrons. The third-order valence-electron chi connectivity index (χ3n) is 2.24. The lowest BCUT2D eigenvalue weighted by atomic mass is 10.2. The highest BCUT2D eigenvalue weighted by atomic mass is 32.1. The molecule has 0 saturated carbocycles. The topological polar surface area (TPSA) is 42.2 Å². The lowest BCUT2D eigenvalue weighted by molar-refractivity contribution is -0.132. The van der Waals surface area contributed by atoms with Crippen molar-refractivity contribution in [3.05, 3.63) is 46.4 Å². The zero-order valence-corrected chi connectivity index (χ0v) is 9.57. The van der Waals surface area contributed by atoms with Crippen LogP contribution in [-0.4, -0.2) is 15.6 Å². The molecule has 0 aromatic carbocycles. The molecule has 2 aromatic rings. The Bertz CT molecular complexity index is 523. The Kier molecular flexibility index (Phi) is 2.92. The molecule has 0 saturated heterocycles. The fraction of sp³-hybridized carbons (Fsp3) is 0.0833. The first-order valence-corrected chi connectivity index (χ1v) is 5.69. The quantitative estimate of drug-likeness (QED) is 0.828. The van der Waals surface area contributed by atoms with Crippen molar-refractivity contribution in [2.45, 2.75) is 6.92 Å². The number of aliphatic carboxylic acids is 1. The van der Waals surface area contributed by atoms with Crippen LogP contribution in [0.3, 0.4) is 0 Å². The molecule has 0 unspecified atom stereocenters. The van der Waals surface area contributed by atoms with E-state index in [4.69, 9.17) is 5.11 Å². The Morgan fingerprint density at radius 3 is 2.75 bits per heavy atom. The first-order chi connectivity index (χ1) is 7.68. The van der Waals surface area contributed by atoms with E-state index in [-0.39, 0.29) is 0 Å². The van der Waals surface area contributed by atoms with Crippen LogP contribution in [0.15, 0.2) is 41.5 Å². The minimum Gasteiger partial charge on any atom is -0.478 e. The van der Waals surface area contributed by atoms with E-state index in [1.54, 1.807) is 13.0 Å². The van der Waals surface area contributed by atoms with Crippen molar-refractivity contribution in [1.82, 2.24) is 4.57 Å². The summed E-state index contributed by atoms with van der Waals surface area (Å²) in [6.45, 7) is 1.60. The highest BCUT2D eigenvalue weighted by Gasteiger charge is 2.06. The molecule has 0 spiro atoms. The van der Waals surface area contributed by atoms with Gasteiger partial charge in [-0.15, -0.1) is 11.3 Å². The Morgan fingerprint density at radius 1 is 1.44 bits per heavy atom. The largest absolute Gasteiger partial charge is 0.478 e. The monoisotopic (exact) mass is 233 g/mol. The highest BCUT2D eigenvalue weighted by molar-refractivity contribution is 7.11. The lowest BCUT2D eigenvalue weighted by Gasteiger charge is -2.01. The SMILES string of the molecule is C/C(=C\c1sccc1-n1cccc1)C(=O)O. The van der Waals surface area contributed by atoms with Gasteiger partial charge in [0.2, 0.25) is 0 Å². The van der Waals surface area contributed by atoms with Crippen LogP contribution in [0.5, 0.6) is 0 Å². The van der Waals surface area contributed by atoms with Crippen LogP contribution in [0.1, 0.15) is 11.8 Å². The van der Waals surface area contributed by atoms with Gasteiger partial charge in [-0.3, -0.25) is 0 Å². The van der Waals surface area contributed by atoms with E-state index in [1.807, 2.05) is 40.5 Å². The van der Waals surface area contributed by atoms with Gasteiger partial charge in [-0.1, -0.05) is 0 Å². The summed E-state index contributed by atoms with van der Waals surface area (Å²) in [7, 11) is 0. The summed E-state index contributed by atoms with van der Waals surface area (Å²) < 4.78 is 1.97. The van der Waals surface area contributed by atoms with Gasteiger partial charge >= 0.3 is 5.97 Å². The molecule has 0 aliphatic rings. The van der Waals surface area contributed by atoms with E-state index in [9.17, 15) is 4.79 Å². The minimum absolute atomic E-state index is 0.343. The average molecular weight is 233 g/mol. The predicted octanol–water partition coefficient (Wildman–Crippen LogP) is 3.03. The van der Waals surface area contributed by atoms with Crippen molar-refractivity contribution in [3.63, 3.8) is 0 Å². The van der Waals surface area contributed by atoms with Crippen molar-refractivity contribution < 1.29 is 9.90 Å². The molecule has 4 heteroatoms. The molecular weight excluding hydrogens is 222 g/mol. The molecule has 3 nitrogen and oxygen atoms in total. The summed E-state index contributed by atoms with van der Waals surface area (Å²) in [6.07, 6.45) is 5.58. The van der Waals surface area contributed by atoms with Gasteiger partial charge in [0, 0.05) is 18.0 Å². The van der Waals surface area contributed by atoms with Gasteiger partial charge in [-0.25, -0.2) is 4.79 Å². The molecule has 0 aliphatic carbocycles. The Labute approximate surface area is 97.3 Å². The summed E-state index contributed by atoms with van der Waals surface area (Å²) in [5, 5.41) is 10.8. The maximum absolute atomic E-state index is 10.8. The van der Waals surface area contributed by atoms with Crippen molar-refractivity contribution in [1.29, 1.82) is 0 Å². The first kappa shape index (κ1) is 10.7. The summed E-state index contributed by atoms with van der Waals surface area (Å²) in [5.74, 6) is -0.883. The van der Waals surface area contributed by atoms with Crippen LogP contribution in [0.2, 0.25) is 0 Å². The molecule has 2 aromatic heterocycles. The average Bonchev–Trinajstić information content (AvgIpc) is 2.85. The molecule has 0 radical (unpaired) electrons. The Balaban J connectivity index is 2.41. The standard InChI is InChI=1S/C12H11NO2S/c1-9(12(14)15)8-11-10(4-7-16-11)13-5-2-3-6-13/h2-8H,1H3,(H,14,15)/b9-8+. The Morgan fingerprint density at radius 2 is 2.12 bits per heavy atom. The maximum Gasteiger partial charge on any atom is 0.331 e. The van der Waals surface area contributed by atoms with Crippen molar-refractivity contribution in [2.24, 2.45) is 0 Å². The van der Waals surface area contributed by atoms with Crippen LogP contribution in [-0.2, 0) is 4.79 Å². The molecule has 0 fully saturated rings. The molecular formula is C12H11NO2S. The number of thiophene rings is 1. The van der Waals surface area contributed by atoms with Gasteiger partial charge in [-0.2, -0.15) is 0 Å². The van der Waals surface area contributed by atoms with Gasteiger partial charge in [0.05, 0.1) is 10.6 Å². The smallest absolute Gasteiger partial charge is 0.331 e. The van der Waals surface area contributed by atoms with Crippen LogP contribution in [0, 0.1) is 0 Å². The third-order valence-corrected chi connectivity index (χ3v) is 3.09. The van der Waals surface area contributed by atoms with Crippen LogP contribution < -0.4 is 0 Å². The van der Waals surface area contributed by atoms with Crippen molar-refractivity contribution in [3.8, 4) is 5.69 Å². The molecule has 2 rings (SSSR count). The third kappa shape index (κ3) is 2.06. The number of carbonyl (C=O) groups is 1. The van der Waals surface area contributed by atoms with E-state index in [0.717, 1.165) is 10.6 Å². The second kappa shape index (κ2) is 4.37. The van der Waals surface area contributed by atoms with Gasteiger partial charge in [0.1, 0.15) is 0 Å². The van der Waals surface area contributed by atoms with E-state index >= 15 is 0 Å². The van der Waals surface area contributed by atoms with E-state index in [0.29, 0.717) is 5.57 Å². The van der Waals surface area contributed by atoms with Crippen LogP contribution in [0.25, 0.3) is 11.8 Å². The molecule has 0 atom stereocenters. The molecule has 0 amide bonds. The Hall–Kier alpha value is -1.81. The molecule has 0 bridgehead atoms. The summed E-state index contributed by atoms with van der Waals surface area (Å²) in [5.41, 5.74) is 1.35. The van der Waals surface area contributed by atoms with Gasteiger partial charge in [0.15, 0.2) is 0 Å². The zero-order valence-electron chi connectivity index (χ0n) is 8.75. The van der Waals surface area contributed by atoms with Crippen LogP contribution in [0.4, 0.5) is 0 Å². The number of nitrogens with zero attached hydrogens (tertiary/aromatic N) is 1. The number of rotatable bonds is 3. The predicted molar refractivity (Wildman–Crippen MR) is 64.9 cm³/mol. The summed E-state index contributed by atoms with van der Waals surface area (Å²) >= 11 is 1.53. The maximum atomic E-state index is 10.8. The fourth-order valence-corrected chi connectivity index (χ4v) is 2.27. The van der Waals surface area contributed by atoms with Gasteiger partial charge in [0.25, 0.3) is 0 Å². The highest BCUT2D eigenvalue weighted by Crippen LogP contribution is 2.23. The summed E-state index contributed by atoms with van der Waals surface area (Å²) in [4.78, 5) is 11.7. The van der Waals surface area contributed by atoms with E-state index in [1.165, 1.54) is 11.3 Å². The summed E-state index contributed by atoms with van der Waals surface area (Å²) in [6, 6.07) is 5.86. The molecule has 16 heavy (non-hydrogen) atoms. The van der Waals surface area contributed by atoms with Crippen molar-refractivity contribution in [2.75, 3.05) is 0 Å². The number of carboxylic acid groups (broad SMARTS) is 1. The number of hydrogen-bond acceptors (Lipinski definition) is 2. The van der Waals surface area contributed by atoms with Crippen molar-refractivity contribution >= 4 is 23.4 Å². The second-order valence-electron chi connectivity index (χ2n) is 3.39.